The summed E-state index contributed by atoms with van der Waals surface area (Å²) < 4.78 is 54.8. The molecule has 3 aliphatic rings. The molecule has 21 nitrogen and oxygen atoms in total. The Balaban J connectivity index is 0.000000192. The molecule has 90 heavy (non-hydrogen) atoms. The van der Waals surface area contributed by atoms with Crippen molar-refractivity contribution in [1.82, 2.24) is 21.3 Å². The molecule has 6 aromatic rings. The van der Waals surface area contributed by atoms with Crippen molar-refractivity contribution in [2.45, 2.75) is 107 Å². The lowest BCUT2D eigenvalue weighted by Crippen LogP contribution is -2.42. The first-order valence-electron chi connectivity index (χ1n) is 28.5. The number of anilines is 1. The normalized spacial score (nSPS) is 16.2. The van der Waals surface area contributed by atoms with Gasteiger partial charge < -0.3 is 33.2 Å². The van der Waals surface area contributed by atoms with Crippen molar-refractivity contribution in [3.8, 4) is 28.7 Å². The lowest BCUT2D eigenvalue weighted by Gasteiger charge is -2.19. The quantitative estimate of drug-likeness (QED) is 0.0395. The molecule has 0 aromatic heterocycles. The van der Waals surface area contributed by atoms with Crippen LogP contribution in [0, 0.1) is 0 Å². The van der Waals surface area contributed by atoms with Gasteiger partial charge in [-0.2, -0.15) is 8.42 Å². The summed E-state index contributed by atoms with van der Waals surface area (Å²) in [5.74, 6) is 2.23. The highest BCUT2D eigenvalue weighted by molar-refractivity contribution is 8.16. The maximum atomic E-state index is 11.8. The van der Waals surface area contributed by atoms with Gasteiger partial charge in [0, 0.05) is 30.5 Å². The van der Waals surface area contributed by atoms with E-state index in [1.165, 1.54) is 0 Å². The highest BCUT2D eigenvalue weighted by atomic mass is 32.2. The maximum absolute atomic E-state index is 11.8. The summed E-state index contributed by atoms with van der Waals surface area (Å²) in [4.78, 5) is 92.2. The Morgan fingerprint density at radius 3 is 1.06 bits per heavy atom. The van der Waals surface area contributed by atoms with Crippen LogP contribution >= 0.6 is 35.3 Å². The van der Waals surface area contributed by atoms with Crippen LogP contribution in [0.5, 0.6) is 28.7 Å². The van der Waals surface area contributed by atoms with Gasteiger partial charge in [-0.1, -0.05) is 108 Å². The summed E-state index contributed by atoms with van der Waals surface area (Å²) in [5.41, 5.74) is 5.82. The molecule has 0 saturated carbocycles. The number of amides is 8. The molecule has 9 rings (SSSR count). The van der Waals surface area contributed by atoms with Crippen molar-refractivity contribution in [3.05, 3.63) is 179 Å². The molecule has 3 fully saturated rings. The van der Waals surface area contributed by atoms with Gasteiger partial charge >= 0.3 is 22.3 Å². The van der Waals surface area contributed by atoms with Crippen LogP contribution in [0.15, 0.2) is 146 Å². The van der Waals surface area contributed by atoms with E-state index in [0.717, 1.165) is 92.8 Å². The van der Waals surface area contributed by atoms with Crippen LogP contribution in [-0.2, 0) is 67.8 Å². The minimum absolute atomic E-state index is 0.234. The number of ether oxygens (including phenoxy) is 5. The van der Waals surface area contributed by atoms with Gasteiger partial charge in [-0.3, -0.25) is 50.0 Å². The number of thioether (sulfide) groups is 3. The van der Waals surface area contributed by atoms with Gasteiger partial charge in [-0.05, 0) is 167 Å². The van der Waals surface area contributed by atoms with Gasteiger partial charge in [0.05, 0.1) is 41.8 Å². The molecular formula is C65H71N5O16S4. The standard InChI is InChI=1S/2C23H26N2O5S.C19H19NO6S2/c1-23(2,3)25-21(27)30-18-10-4-15(5-11-18)12-13-29-17-8-6-16(7-9-17)14-19-20(26)24-22(28)31-19;1-23(2,3)30-21(27)24-17-8-4-15(5-9-17)12-13-29-18-10-6-16(7-11-18)14-19-20(26)25-22(28)31-19;1-28(23,24)26-16-8-2-13(3-9-16)10-11-25-15-6-4-14(5-7-15)12-17-18(21)20-19(22)27-17/h4-11,19H,12-14H2,1-3H3,(H,25,27)(H,24,26,28);4-11,19H,12-14H2,1-3H3,(H,24,27)(H,25,26,28);2-9,17H,10-12H2,1H3,(H,20,21,22). The van der Waals surface area contributed by atoms with E-state index in [4.69, 9.17) is 27.9 Å². The average Bonchev–Trinajstić information content (AvgIpc) is 2.64. The predicted molar refractivity (Wildman–Crippen MR) is 346 cm³/mol. The monoisotopic (exact) mass is 1310 g/mol. The van der Waals surface area contributed by atoms with E-state index in [-0.39, 0.29) is 60.5 Å². The van der Waals surface area contributed by atoms with E-state index < -0.39 is 27.9 Å². The zero-order valence-electron chi connectivity index (χ0n) is 50.6. The van der Waals surface area contributed by atoms with Crippen LogP contribution in [0.3, 0.4) is 0 Å². The van der Waals surface area contributed by atoms with Crippen LogP contribution in [-0.4, -0.2) is 107 Å². The fourth-order valence-corrected chi connectivity index (χ4v) is 11.5. The van der Waals surface area contributed by atoms with Gasteiger partial charge in [0.1, 0.15) is 34.3 Å². The maximum Gasteiger partial charge on any atom is 0.413 e. The van der Waals surface area contributed by atoms with Gasteiger partial charge in [0.15, 0.2) is 0 Å². The van der Waals surface area contributed by atoms with E-state index in [0.29, 0.717) is 69.1 Å². The summed E-state index contributed by atoms with van der Waals surface area (Å²) in [5, 5.41) is 10.3. The summed E-state index contributed by atoms with van der Waals surface area (Å²) >= 11 is 3.07. The fourth-order valence-electron chi connectivity index (χ4n) is 8.48. The molecule has 0 spiro atoms. The molecule has 0 aliphatic carbocycles. The molecule has 0 radical (unpaired) electrons. The van der Waals surface area contributed by atoms with Gasteiger partial charge in [0.25, 0.3) is 15.7 Å². The summed E-state index contributed by atoms with van der Waals surface area (Å²) in [6.45, 7) is 12.6. The highest BCUT2D eigenvalue weighted by Gasteiger charge is 2.33. The van der Waals surface area contributed by atoms with Crippen LogP contribution in [0.1, 0.15) is 74.9 Å². The smallest absolute Gasteiger partial charge is 0.413 e. The highest BCUT2D eigenvalue weighted by Crippen LogP contribution is 2.28. The molecule has 3 aliphatic heterocycles. The number of nitrogens with one attached hydrogen (secondary N) is 5. The molecule has 25 heteroatoms. The van der Waals surface area contributed by atoms with E-state index in [2.05, 4.69) is 26.6 Å². The van der Waals surface area contributed by atoms with Crippen LogP contribution < -0.4 is 49.7 Å². The Hall–Kier alpha value is -8.52. The van der Waals surface area contributed by atoms with Gasteiger partial charge in [-0.15, -0.1) is 0 Å². The number of imide groups is 3. The number of carbonyl (C=O) groups is 8. The first kappa shape index (κ1) is 69.0. The van der Waals surface area contributed by atoms with Crippen molar-refractivity contribution >= 4 is 96.7 Å². The third-order valence-corrected chi connectivity index (χ3v) is 16.1. The first-order chi connectivity index (χ1) is 42.6. The third-order valence-electron chi connectivity index (χ3n) is 12.7. The van der Waals surface area contributed by atoms with Crippen LogP contribution in [0.4, 0.5) is 29.7 Å². The summed E-state index contributed by atoms with van der Waals surface area (Å²) in [6, 6.07) is 44.1. The van der Waals surface area contributed by atoms with Crippen molar-refractivity contribution in [3.63, 3.8) is 0 Å². The molecule has 6 aromatic carbocycles. The van der Waals surface area contributed by atoms with Crippen molar-refractivity contribution in [2.75, 3.05) is 31.4 Å². The summed E-state index contributed by atoms with van der Waals surface area (Å²) in [6.07, 6.45) is 3.62. The summed E-state index contributed by atoms with van der Waals surface area (Å²) in [7, 11) is -3.52. The Morgan fingerprint density at radius 1 is 0.444 bits per heavy atom. The lowest BCUT2D eigenvalue weighted by molar-refractivity contribution is -0.119. The SMILES string of the molecule is CC(C)(C)NC(=O)Oc1ccc(CCOc2ccc(CC3SC(=O)NC3=O)cc2)cc1.CC(C)(C)OC(=O)Nc1ccc(CCOc2ccc(CC3SC(=O)NC3=O)cc2)cc1.CS(=O)(=O)Oc1ccc(CCOc2ccc(CC3SC(=O)NC3=O)cc2)cc1. The minimum Gasteiger partial charge on any atom is -0.493 e. The third kappa shape index (κ3) is 24.8. The molecule has 3 heterocycles. The van der Waals surface area contributed by atoms with Crippen molar-refractivity contribution < 1.29 is 74.6 Å². The molecule has 0 bridgehead atoms. The number of benzene rings is 6. The second kappa shape index (κ2) is 32.3. The Labute approximate surface area is 535 Å². The Morgan fingerprint density at radius 2 is 0.756 bits per heavy atom. The number of carbonyl (C=O) groups excluding carboxylic acids is 8. The Bertz CT molecular complexity index is 3420. The van der Waals surface area contributed by atoms with Gasteiger partial charge in [0.2, 0.25) is 17.7 Å². The topological polar surface area (TPSA) is 286 Å². The van der Waals surface area contributed by atoms with E-state index in [1.54, 1.807) is 36.4 Å². The second-order valence-corrected chi connectivity index (χ2v) is 27.8. The molecule has 3 unspecified atom stereocenters. The molecule has 8 amide bonds. The molecular weight excluding hydrogens is 1240 g/mol. The molecule has 3 atom stereocenters. The Kier molecular flexibility index (Phi) is 24.7. The van der Waals surface area contributed by atoms with E-state index in [9.17, 15) is 46.8 Å². The van der Waals surface area contributed by atoms with Crippen molar-refractivity contribution in [1.29, 1.82) is 0 Å². The van der Waals surface area contributed by atoms with Crippen LogP contribution in [0.2, 0.25) is 0 Å². The van der Waals surface area contributed by atoms with E-state index in [1.807, 2.05) is 151 Å². The largest absolute Gasteiger partial charge is 0.493 e. The second-order valence-electron chi connectivity index (χ2n) is 22.7. The van der Waals surface area contributed by atoms with E-state index >= 15 is 0 Å². The fraction of sp³-hybridized carbons (Fsp3) is 0.323. The zero-order chi connectivity index (χ0) is 65.0. The number of hydrogen-bond acceptors (Lipinski definition) is 19. The number of rotatable bonds is 22. The van der Waals surface area contributed by atoms with Crippen molar-refractivity contribution in [2.24, 2.45) is 0 Å². The first-order valence-corrected chi connectivity index (χ1v) is 33.0. The lowest BCUT2D eigenvalue weighted by atomic mass is 10.1. The number of hydrogen-bond donors (Lipinski definition) is 5. The molecule has 476 valence electrons. The van der Waals surface area contributed by atoms with Crippen LogP contribution in [0.25, 0.3) is 0 Å². The molecule has 3 saturated heterocycles. The molecule has 5 N–H and O–H groups in total. The minimum atomic E-state index is -3.52. The van der Waals surface area contributed by atoms with Gasteiger partial charge in [-0.25, -0.2) is 9.59 Å². The average molecular weight is 1310 g/mol. The zero-order valence-corrected chi connectivity index (χ0v) is 53.9. The predicted octanol–water partition coefficient (Wildman–Crippen LogP) is 11.2.